The summed E-state index contributed by atoms with van der Waals surface area (Å²) in [5.41, 5.74) is 2.57. The molecule has 1 fully saturated rings. The van der Waals surface area contributed by atoms with Gasteiger partial charge >= 0.3 is 0 Å². The van der Waals surface area contributed by atoms with Gasteiger partial charge in [0.15, 0.2) is 0 Å². The molecular weight excluding hydrogens is 238 g/mol. The van der Waals surface area contributed by atoms with Gasteiger partial charge in [-0.1, -0.05) is 6.92 Å². The molecule has 0 bridgehead atoms. The highest BCUT2D eigenvalue weighted by Gasteiger charge is 2.37. The first-order valence-corrected chi connectivity index (χ1v) is 6.55. The maximum atomic E-state index is 12.1. The molecule has 6 heteroatoms. The van der Waals surface area contributed by atoms with Gasteiger partial charge in [-0.05, 0) is 13.3 Å². The van der Waals surface area contributed by atoms with E-state index in [-0.39, 0.29) is 17.9 Å². The Balaban J connectivity index is 2.20. The Morgan fingerprint density at radius 2 is 2.29 bits per heavy atom. The van der Waals surface area contributed by atoms with Gasteiger partial charge in [0, 0.05) is 5.38 Å². The van der Waals surface area contributed by atoms with E-state index in [1.165, 1.54) is 11.3 Å². The number of rotatable bonds is 3. The number of hydrogen-bond donors (Lipinski definition) is 1. The lowest BCUT2D eigenvalue weighted by Crippen LogP contribution is -2.61. The minimum absolute atomic E-state index is 0.0375. The summed E-state index contributed by atoms with van der Waals surface area (Å²) in [6.45, 7) is 4.03. The lowest BCUT2D eigenvalue weighted by molar-refractivity contribution is -0.149. The molecule has 0 aliphatic carbocycles. The smallest absolute Gasteiger partial charge is 0.245 e. The lowest BCUT2D eigenvalue weighted by atomic mass is 10.1. The van der Waals surface area contributed by atoms with Crippen LogP contribution in [-0.2, 0) is 16.1 Å². The van der Waals surface area contributed by atoms with E-state index in [2.05, 4.69) is 10.3 Å². The molecule has 0 saturated carbocycles. The zero-order valence-corrected chi connectivity index (χ0v) is 10.7. The number of hydrogen-bond acceptors (Lipinski definition) is 4. The van der Waals surface area contributed by atoms with Crippen LogP contribution in [0.3, 0.4) is 0 Å². The summed E-state index contributed by atoms with van der Waals surface area (Å²) < 4.78 is 0. The van der Waals surface area contributed by atoms with Crippen LogP contribution in [0.5, 0.6) is 0 Å². The van der Waals surface area contributed by atoms with Crippen LogP contribution in [0.4, 0.5) is 0 Å². The van der Waals surface area contributed by atoms with Crippen LogP contribution in [0.1, 0.15) is 26.0 Å². The van der Waals surface area contributed by atoms with Crippen LogP contribution < -0.4 is 5.32 Å². The molecule has 17 heavy (non-hydrogen) atoms. The summed E-state index contributed by atoms with van der Waals surface area (Å²) in [4.78, 5) is 29.6. The Bertz CT molecular complexity index is 418. The summed E-state index contributed by atoms with van der Waals surface area (Å²) in [6.07, 6.45) is 0.619. The van der Waals surface area contributed by atoms with Gasteiger partial charge in [0.2, 0.25) is 11.8 Å². The molecule has 1 aromatic rings. The van der Waals surface area contributed by atoms with Gasteiger partial charge in [-0.25, -0.2) is 4.98 Å². The Hall–Kier alpha value is -1.43. The SMILES string of the molecule is CCC1C(=O)NC(C)C(=O)N1Cc1cscn1. The number of nitrogens with one attached hydrogen (secondary N) is 1. The van der Waals surface area contributed by atoms with Crippen molar-refractivity contribution < 1.29 is 9.59 Å². The average molecular weight is 253 g/mol. The van der Waals surface area contributed by atoms with Crippen molar-refractivity contribution in [3.05, 3.63) is 16.6 Å². The second kappa shape index (κ2) is 4.83. The van der Waals surface area contributed by atoms with Crippen molar-refractivity contribution >= 4 is 23.2 Å². The molecule has 2 heterocycles. The van der Waals surface area contributed by atoms with Crippen LogP contribution in [-0.4, -0.2) is 33.8 Å². The number of nitrogens with zero attached hydrogens (tertiary/aromatic N) is 2. The molecule has 1 aromatic heterocycles. The average Bonchev–Trinajstić information content (AvgIpc) is 2.78. The number of thiazole rings is 1. The van der Waals surface area contributed by atoms with Gasteiger partial charge in [-0.3, -0.25) is 9.59 Å². The Kier molecular flexibility index (Phi) is 3.42. The molecule has 2 unspecified atom stereocenters. The van der Waals surface area contributed by atoms with E-state index >= 15 is 0 Å². The molecular formula is C11H15N3O2S. The zero-order chi connectivity index (χ0) is 12.4. The largest absolute Gasteiger partial charge is 0.343 e. The molecule has 5 nitrogen and oxygen atoms in total. The molecule has 1 aliphatic rings. The molecule has 2 atom stereocenters. The molecule has 92 valence electrons. The number of carbonyl (C=O) groups excluding carboxylic acids is 2. The fourth-order valence-corrected chi connectivity index (χ4v) is 2.55. The molecule has 1 N–H and O–H groups in total. The van der Waals surface area contributed by atoms with Crippen LogP contribution in [0.25, 0.3) is 0 Å². The van der Waals surface area contributed by atoms with Crippen molar-refractivity contribution in [1.82, 2.24) is 15.2 Å². The third-order valence-electron chi connectivity index (χ3n) is 2.89. The third-order valence-corrected chi connectivity index (χ3v) is 3.53. The van der Waals surface area contributed by atoms with E-state index in [4.69, 9.17) is 0 Å². The highest BCUT2D eigenvalue weighted by molar-refractivity contribution is 7.07. The summed E-state index contributed by atoms with van der Waals surface area (Å²) in [5.74, 6) is -0.112. The van der Waals surface area contributed by atoms with Crippen LogP contribution >= 0.6 is 11.3 Å². The Morgan fingerprint density at radius 1 is 1.53 bits per heavy atom. The first-order valence-electron chi connectivity index (χ1n) is 5.61. The van der Waals surface area contributed by atoms with Gasteiger partial charge in [0.1, 0.15) is 12.1 Å². The maximum Gasteiger partial charge on any atom is 0.245 e. The van der Waals surface area contributed by atoms with Gasteiger partial charge in [-0.15, -0.1) is 11.3 Å². The van der Waals surface area contributed by atoms with E-state index in [1.807, 2.05) is 12.3 Å². The number of piperazine rings is 1. The van der Waals surface area contributed by atoms with Crippen molar-refractivity contribution in [2.75, 3.05) is 0 Å². The summed E-state index contributed by atoms with van der Waals surface area (Å²) in [5, 5.41) is 4.59. The van der Waals surface area contributed by atoms with Gasteiger partial charge in [0.25, 0.3) is 0 Å². The van der Waals surface area contributed by atoms with Crippen molar-refractivity contribution in [3.8, 4) is 0 Å². The molecule has 0 aromatic carbocycles. The highest BCUT2D eigenvalue weighted by Crippen LogP contribution is 2.16. The first-order chi connectivity index (χ1) is 8.13. The first kappa shape index (κ1) is 12.0. The highest BCUT2D eigenvalue weighted by atomic mass is 32.1. The van der Waals surface area contributed by atoms with E-state index in [0.717, 1.165) is 5.69 Å². The monoisotopic (exact) mass is 253 g/mol. The number of carbonyl (C=O) groups is 2. The van der Waals surface area contributed by atoms with Crippen LogP contribution in [0.15, 0.2) is 10.9 Å². The maximum absolute atomic E-state index is 12.1. The molecule has 2 rings (SSSR count). The quantitative estimate of drug-likeness (QED) is 0.865. The van der Waals surface area contributed by atoms with Crippen molar-refractivity contribution in [3.63, 3.8) is 0 Å². The normalized spacial score (nSPS) is 24.9. The van der Waals surface area contributed by atoms with Gasteiger partial charge < -0.3 is 10.2 Å². The predicted octanol–water partition coefficient (Wildman–Crippen LogP) is 0.769. The lowest BCUT2D eigenvalue weighted by Gasteiger charge is -2.37. The van der Waals surface area contributed by atoms with Crippen LogP contribution in [0.2, 0.25) is 0 Å². The van der Waals surface area contributed by atoms with E-state index < -0.39 is 6.04 Å². The van der Waals surface area contributed by atoms with Crippen molar-refractivity contribution in [1.29, 1.82) is 0 Å². The molecule has 0 radical (unpaired) electrons. The fourth-order valence-electron chi connectivity index (χ4n) is 2.00. The zero-order valence-electron chi connectivity index (χ0n) is 9.84. The van der Waals surface area contributed by atoms with Crippen molar-refractivity contribution in [2.24, 2.45) is 0 Å². The number of aromatic nitrogens is 1. The molecule has 1 aliphatic heterocycles. The Morgan fingerprint density at radius 3 is 2.88 bits per heavy atom. The van der Waals surface area contributed by atoms with E-state index in [0.29, 0.717) is 13.0 Å². The van der Waals surface area contributed by atoms with Gasteiger partial charge in [0.05, 0.1) is 17.7 Å². The van der Waals surface area contributed by atoms with Crippen LogP contribution in [0, 0.1) is 0 Å². The van der Waals surface area contributed by atoms with E-state index in [1.54, 1.807) is 17.3 Å². The van der Waals surface area contributed by atoms with E-state index in [9.17, 15) is 9.59 Å². The topological polar surface area (TPSA) is 62.3 Å². The minimum Gasteiger partial charge on any atom is -0.343 e. The molecule has 2 amide bonds. The van der Waals surface area contributed by atoms with Crippen molar-refractivity contribution in [2.45, 2.75) is 38.9 Å². The fraction of sp³-hybridized carbons (Fsp3) is 0.545. The second-order valence-electron chi connectivity index (χ2n) is 4.10. The number of amides is 2. The second-order valence-corrected chi connectivity index (χ2v) is 4.82. The minimum atomic E-state index is -0.441. The standard InChI is InChI=1S/C11H15N3O2S/c1-3-9-10(15)13-7(2)11(16)14(9)4-8-5-17-6-12-8/h5-7,9H,3-4H2,1-2H3,(H,13,15). The summed E-state index contributed by atoms with van der Waals surface area (Å²) >= 11 is 1.49. The predicted molar refractivity (Wildman–Crippen MR) is 64.3 cm³/mol. The molecule has 1 saturated heterocycles. The Labute approximate surface area is 104 Å². The summed E-state index contributed by atoms with van der Waals surface area (Å²) in [6, 6.07) is -0.815. The summed E-state index contributed by atoms with van der Waals surface area (Å²) in [7, 11) is 0. The molecule has 0 spiro atoms. The third kappa shape index (κ3) is 2.31. The van der Waals surface area contributed by atoms with Gasteiger partial charge in [-0.2, -0.15) is 0 Å².